The van der Waals surface area contributed by atoms with Crippen LogP contribution in [0.25, 0.3) is 0 Å². The lowest BCUT2D eigenvalue weighted by Crippen LogP contribution is -2.29. The quantitative estimate of drug-likeness (QED) is 0.868. The average Bonchev–Trinajstić information content (AvgIpc) is 2.91. The van der Waals surface area contributed by atoms with Crippen molar-refractivity contribution < 1.29 is 4.42 Å². The van der Waals surface area contributed by atoms with Crippen LogP contribution in [-0.4, -0.2) is 16.8 Å². The highest BCUT2D eigenvalue weighted by Gasteiger charge is 2.28. The molecular weight excluding hydrogens is 268 g/mol. The monoisotopic (exact) mass is 288 g/mol. The molecule has 0 saturated heterocycles. The molecule has 1 N–H and O–H groups in total. The highest BCUT2D eigenvalue weighted by atomic mass is 32.2. The first kappa shape index (κ1) is 13.7. The molecule has 1 aliphatic rings. The molecule has 0 spiro atoms. The van der Waals surface area contributed by atoms with E-state index in [-0.39, 0.29) is 0 Å². The van der Waals surface area contributed by atoms with Crippen LogP contribution in [-0.2, 0) is 6.42 Å². The maximum absolute atomic E-state index is 5.42. The first-order valence-electron chi connectivity index (χ1n) is 7.26. The predicted octanol–water partition coefficient (Wildman–Crippen LogP) is 3.82. The molecular formula is C16H20N2OS. The summed E-state index contributed by atoms with van der Waals surface area (Å²) in [5.74, 6) is 0. The molecule has 4 heteroatoms. The van der Waals surface area contributed by atoms with E-state index in [0.717, 1.165) is 11.8 Å². The zero-order valence-corrected chi connectivity index (χ0v) is 12.5. The third-order valence-electron chi connectivity index (χ3n) is 3.78. The molecule has 2 atom stereocenters. The van der Waals surface area contributed by atoms with Crippen molar-refractivity contribution in [2.45, 2.75) is 42.7 Å². The van der Waals surface area contributed by atoms with E-state index < -0.39 is 0 Å². The second kappa shape index (κ2) is 6.46. The Kier molecular flexibility index (Phi) is 4.43. The molecule has 106 valence electrons. The maximum atomic E-state index is 5.42. The SMILES string of the molecule is CCNC1c2ccccc2CCCC1Sc1ncco1. The zero-order valence-electron chi connectivity index (χ0n) is 11.7. The van der Waals surface area contributed by atoms with Crippen molar-refractivity contribution in [3.8, 4) is 0 Å². The third kappa shape index (κ3) is 2.91. The highest BCUT2D eigenvalue weighted by molar-refractivity contribution is 7.99. The number of benzene rings is 1. The van der Waals surface area contributed by atoms with Crippen LogP contribution in [0.2, 0.25) is 0 Å². The molecule has 1 aliphatic carbocycles. The molecule has 0 radical (unpaired) electrons. The van der Waals surface area contributed by atoms with Crippen LogP contribution in [0.5, 0.6) is 0 Å². The fraction of sp³-hybridized carbons (Fsp3) is 0.438. The smallest absolute Gasteiger partial charge is 0.255 e. The molecule has 0 saturated carbocycles. The lowest BCUT2D eigenvalue weighted by atomic mass is 9.99. The van der Waals surface area contributed by atoms with E-state index in [1.165, 1.54) is 30.4 Å². The van der Waals surface area contributed by atoms with Gasteiger partial charge in [0.05, 0.1) is 6.20 Å². The fourth-order valence-electron chi connectivity index (χ4n) is 2.91. The molecule has 1 aromatic carbocycles. The number of hydrogen-bond donors (Lipinski definition) is 1. The standard InChI is InChI=1S/C16H20N2OS/c1-2-17-15-13-8-4-3-6-12(13)7-5-9-14(15)20-16-18-10-11-19-16/h3-4,6,8,10-11,14-15,17H,2,5,7,9H2,1H3. The molecule has 1 heterocycles. The van der Waals surface area contributed by atoms with Crippen LogP contribution in [0.15, 0.2) is 46.4 Å². The van der Waals surface area contributed by atoms with Crippen molar-refractivity contribution in [1.29, 1.82) is 0 Å². The number of thioether (sulfide) groups is 1. The minimum atomic E-state index is 0.371. The van der Waals surface area contributed by atoms with Crippen molar-refractivity contribution in [2.75, 3.05) is 6.54 Å². The number of oxazole rings is 1. The Labute approximate surface area is 124 Å². The molecule has 3 rings (SSSR count). The van der Waals surface area contributed by atoms with Gasteiger partial charge in [0.1, 0.15) is 6.26 Å². The van der Waals surface area contributed by atoms with Crippen LogP contribution < -0.4 is 5.32 Å². The number of rotatable bonds is 4. The van der Waals surface area contributed by atoms with E-state index in [1.807, 2.05) is 0 Å². The van der Waals surface area contributed by atoms with Gasteiger partial charge in [0.25, 0.3) is 5.22 Å². The van der Waals surface area contributed by atoms with Crippen molar-refractivity contribution in [3.05, 3.63) is 47.9 Å². The lowest BCUT2D eigenvalue weighted by Gasteiger charge is -2.26. The van der Waals surface area contributed by atoms with E-state index >= 15 is 0 Å². The summed E-state index contributed by atoms with van der Waals surface area (Å²) in [6.07, 6.45) is 6.93. The Morgan fingerprint density at radius 3 is 3.10 bits per heavy atom. The third-order valence-corrected chi connectivity index (χ3v) is 5.00. The number of aryl methyl sites for hydroxylation is 1. The minimum Gasteiger partial charge on any atom is -0.440 e. The molecule has 3 nitrogen and oxygen atoms in total. The Morgan fingerprint density at radius 1 is 1.40 bits per heavy atom. The summed E-state index contributed by atoms with van der Waals surface area (Å²) in [5.41, 5.74) is 2.92. The summed E-state index contributed by atoms with van der Waals surface area (Å²) in [5, 5.41) is 4.90. The summed E-state index contributed by atoms with van der Waals surface area (Å²) in [7, 11) is 0. The van der Waals surface area contributed by atoms with Gasteiger partial charge in [0.15, 0.2) is 0 Å². The van der Waals surface area contributed by atoms with Crippen molar-refractivity contribution >= 4 is 11.8 Å². The van der Waals surface area contributed by atoms with Gasteiger partial charge in [0, 0.05) is 11.3 Å². The van der Waals surface area contributed by atoms with Crippen LogP contribution in [0, 0.1) is 0 Å². The molecule has 0 amide bonds. The largest absolute Gasteiger partial charge is 0.440 e. The molecule has 0 aliphatic heterocycles. The minimum absolute atomic E-state index is 0.371. The van der Waals surface area contributed by atoms with Crippen molar-refractivity contribution in [1.82, 2.24) is 10.3 Å². The summed E-state index contributed by atoms with van der Waals surface area (Å²) >= 11 is 1.76. The molecule has 2 aromatic rings. The number of nitrogens with one attached hydrogen (secondary N) is 1. The van der Waals surface area contributed by atoms with Crippen LogP contribution in [0.4, 0.5) is 0 Å². The number of hydrogen-bond acceptors (Lipinski definition) is 4. The molecule has 0 fully saturated rings. The topological polar surface area (TPSA) is 38.1 Å². The fourth-order valence-corrected chi connectivity index (χ4v) is 4.07. The normalized spacial score (nSPS) is 22.2. The van der Waals surface area contributed by atoms with Gasteiger partial charge in [0.2, 0.25) is 0 Å². The average molecular weight is 288 g/mol. The van der Waals surface area contributed by atoms with Crippen molar-refractivity contribution in [3.63, 3.8) is 0 Å². The molecule has 0 bridgehead atoms. The van der Waals surface area contributed by atoms with Crippen LogP contribution >= 0.6 is 11.8 Å². The summed E-state index contributed by atoms with van der Waals surface area (Å²) in [6, 6.07) is 9.18. The summed E-state index contributed by atoms with van der Waals surface area (Å²) in [4.78, 5) is 4.26. The Bertz CT molecular complexity index is 541. The van der Waals surface area contributed by atoms with Crippen LogP contribution in [0.1, 0.15) is 36.9 Å². The van der Waals surface area contributed by atoms with Gasteiger partial charge in [-0.2, -0.15) is 0 Å². The summed E-state index contributed by atoms with van der Waals surface area (Å²) in [6.45, 7) is 3.14. The number of nitrogens with zero attached hydrogens (tertiary/aromatic N) is 1. The van der Waals surface area contributed by atoms with E-state index in [9.17, 15) is 0 Å². The van der Waals surface area contributed by atoms with Gasteiger partial charge in [-0.1, -0.05) is 43.0 Å². The zero-order chi connectivity index (χ0) is 13.8. The van der Waals surface area contributed by atoms with Gasteiger partial charge in [-0.15, -0.1) is 0 Å². The molecule has 1 aromatic heterocycles. The number of aromatic nitrogens is 1. The maximum Gasteiger partial charge on any atom is 0.255 e. The Morgan fingerprint density at radius 2 is 2.30 bits per heavy atom. The van der Waals surface area contributed by atoms with Gasteiger partial charge < -0.3 is 9.73 Å². The first-order valence-corrected chi connectivity index (χ1v) is 8.13. The molecule has 20 heavy (non-hydrogen) atoms. The molecule has 2 unspecified atom stereocenters. The van der Waals surface area contributed by atoms with E-state index in [4.69, 9.17) is 4.42 Å². The van der Waals surface area contributed by atoms with Gasteiger partial charge in [-0.25, -0.2) is 4.98 Å². The number of fused-ring (bicyclic) bond motifs is 1. The van der Waals surface area contributed by atoms with Gasteiger partial charge >= 0.3 is 0 Å². The second-order valence-corrected chi connectivity index (χ2v) is 6.27. The van der Waals surface area contributed by atoms with Crippen LogP contribution in [0.3, 0.4) is 0 Å². The van der Waals surface area contributed by atoms with E-state index in [2.05, 4.69) is 41.5 Å². The van der Waals surface area contributed by atoms with E-state index in [1.54, 1.807) is 24.2 Å². The predicted molar refractivity (Wildman–Crippen MR) is 81.9 cm³/mol. The first-order chi connectivity index (χ1) is 9.88. The lowest BCUT2D eigenvalue weighted by molar-refractivity contribution is 0.447. The Hall–Kier alpha value is -1.26. The van der Waals surface area contributed by atoms with Crippen molar-refractivity contribution in [2.24, 2.45) is 0 Å². The van der Waals surface area contributed by atoms with E-state index in [0.29, 0.717) is 11.3 Å². The highest BCUT2D eigenvalue weighted by Crippen LogP contribution is 2.38. The van der Waals surface area contributed by atoms with Gasteiger partial charge in [-0.3, -0.25) is 0 Å². The Balaban J connectivity index is 1.89. The summed E-state index contributed by atoms with van der Waals surface area (Å²) < 4.78 is 5.42. The second-order valence-electron chi connectivity index (χ2n) is 5.08. The van der Waals surface area contributed by atoms with Gasteiger partial charge in [-0.05, 0) is 36.9 Å².